The maximum Gasteiger partial charge on any atom is 0.122 e. The van der Waals surface area contributed by atoms with Crippen LogP contribution in [0, 0.1) is 0 Å². The molecule has 2 rings (SSSR count). The van der Waals surface area contributed by atoms with Crippen molar-refractivity contribution < 1.29 is 4.74 Å². The third kappa shape index (κ3) is 4.25. The first-order chi connectivity index (χ1) is 10.2. The van der Waals surface area contributed by atoms with Gasteiger partial charge in [-0.05, 0) is 59.7 Å². The van der Waals surface area contributed by atoms with Crippen molar-refractivity contribution in [3.8, 4) is 5.75 Å². The third-order valence-corrected chi connectivity index (χ3v) is 5.53. The zero-order chi connectivity index (χ0) is 15.2. The molecule has 2 aromatic carbocycles. The monoisotopic (exact) mass is 365 g/mol. The van der Waals surface area contributed by atoms with Gasteiger partial charge >= 0.3 is 0 Å². The number of hydrogen-bond donors (Lipinski definition) is 1. The lowest BCUT2D eigenvalue weighted by Crippen LogP contribution is -2.12. The van der Waals surface area contributed by atoms with Gasteiger partial charge in [0.2, 0.25) is 0 Å². The van der Waals surface area contributed by atoms with Crippen LogP contribution in [0.25, 0.3) is 0 Å². The SMILES string of the molecule is CNC(C)c1ccc(OC)c(CSc2ccccc2Br)c1. The fraction of sp³-hybridized carbons (Fsp3) is 0.294. The van der Waals surface area contributed by atoms with Gasteiger partial charge in [0.15, 0.2) is 0 Å². The van der Waals surface area contributed by atoms with E-state index in [1.807, 2.05) is 24.9 Å². The number of nitrogens with one attached hydrogen (secondary N) is 1. The Bertz CT molecular complexity index is 603. The molecule has 1 atom stereocenters. The molecule has 0 aliphatic heterocycles. The molecule has 0 saturated heterocycles. The largest absolute Gasteiger partial charge is 0.496 e. The summed E-state index contributed by atoms with van der Waals surface area (Å²) in [5.74, 6) is 1.83. The van der Waals surface area contributed by atoms with Crippen LogP contribution in [0.4, 0.5) is 0 Å². The minimum absolute atomic E-state index is 0.336. The van der Waals surface area contributed by atoms with E-state index in [9.17, 15) is 0 Å². The Hall–Kier alpha value is -0.970. The number of ether oxygens (including phenoxy) is 1. The van der Waals surface area contributed by atoms with Crippen molar-refractivity contribution in [1.82, 2.24) is 5.32 Å². The molecule has 0 fully saturated rings. The summed E-state index contributed by atoms with van der Waals surface area (Å²) in [5.41, 5.74) is 2.50. The Morgan fingerprint density at radius 1 is 1.24 bits per heavy atom. The smallest absolute Gasteiger partial charge is 0.122 e. The number of benzene rings is 2. The summed E-state index contributed by atoms with van der Waals surface area (Å²) in [4.78, 5) is 1.24. The molecule has 4 heteroatoms. The average molecular weight is 366 g/mol. The van der Waals surface area contributed by atoms with Gasteiger partial charge in [-0.1, -0.05) is 18.2 Å². The molecule has 21 heavy (non-hydrogen) atoms. The highest BCUT2D eigenvalue weighted by atomic mass is 79.9. The molecule has 1 unspecified atom stereocenters. The van der Waals surface area contributed by atoms with E-state index < -0.39 is 0 Å². The van der Waals surface area contributed by atoms with Gasteiger partial charge in [-0.15, -0.1) is 11.8 Å². The number of halogens is 1. The Balaban J connectivity index is 2.19. The quantitative estimate of drug-likeness (QED) is 0.725. The van der Waals surface area contributed by atoms with Crippen LogP contribution in [0.5, 0.6) is 5.75 Å². The number of methoxy groups -OCH3 is 1. The van der Waals surface area contributed by atoms with E-state index in [1.54, 1.807) is 7.11 Å². The molecule has 0 radical (unpaired) electrons. The second-order valence-electron chi connectivity index (χ2n) is 4.80. The van der Waals surface area contributed by atoms with E-state index in [-0.39, 0.29) is 0 Å². The summed E-state index contributed by atoms with van der Waals surface area (Å²) in [5, 5.41) is 3.27. The number of thioether (sulfide) groups is 1. The highest BCUT2D eigenvalue weighted by molar-refractivity contribution is 9.10. The molecule has 0 saturated carbocycles. The Morgan fingerprint density at radius 2 is 2.00 bits per heavy atom. The van der Waals surface area contributed by atoms with Crippen LogP contribution in [0.3, 0.4) is 0 Å². The first-order valence-electron chi connectivity index (χ1n) is 6.87. The van der Waals surface area contributed by atoms with Crippen LogP contribution in [-0.2, 0) is 5.75 Å². The van der Waals surface area contributed by atoms with Gasteiger partial charge in [0.25, 0.3) is 0 Å². The fourth-order valence-electron chi connectivity index (χ4n) is 2.06. The van der Waals surface area contributed by atoms with E-state index in [1.165, 1.54) is 16.0 Å². The second-order valence-corrected chi connectivity index (χ2v) is 6.67. The maximum absolute atomic E-state index is 5.49. The van der Waals surface area contributed by atoms with Crippen molar-refractivity contribution in [2.75, 3.05) is 14.2 Å². The van der Waals surface area contributed by atoms with Crippen molar-refractivity contribution in [2.45, 2.75) is 23.6 Å². The first-order valence-corrected chi connectivity index (χ1v) is 8.65. The van der Waals surface area contributed by atoms with Crippen LogP contribution in [0.15, 0.2) is 51.8 Å². The van der Waals surface area contributed by atoms with Crippen LogP contribution in [0.1, 0.15) is 24.1 Å². The first kappa shape index (κ1) is 16.4. The van der Waals surface area contributed by atoms with Gasteiger partial charge in [-0.2, -0.15) is 0 Å². The molecule has 0 heterocycles. The van der Waals surface area contributed by atoms with E-state index in [0.717, 1.165) is 16.0 Å². The summed E-state index contributed by atoms with van der Waals surface area (Å²) in [7, 11) is 3.70. The summed E-state index contributed by atoms with van der Waals surface area (Å²) in [6, 6.07) is 15.0. The zero-order valence-corrected chi connectivity index (χ0v) is 14.9. The van der Waals surface area contributed by atoms with Crippen LogP contribution in [0.2, 0.25) is 0 Å². The normalized spacial score (nSPS) is 12.2. The van der Waals surface area contributed by atoms with Gasteiger partial charge < -0.3 is 10.1 Å². The van der Waals surface area contributed by atoms with E-state index in [0.29, 0.717) is 6.04 Å². The topological polar surface area (TPSA) is 21.3 Å². The summed E-state index contributed by atoms with van der Waals surface area (Å²) >= 11 is 5.40. The van der Waals surface area contributed by atoms with E-state index >= 15 is 0 Å². The number of rotatable bonds is 6. The van der Waals surface area contributed by atoms with Gasteiger partial charge in [-0.3, -0.25) is 0 Å². The minimum atomic E-state index is 0.336. The molecule has 0 aromatic heterocycles. The van der Waals surface area contributed by atoms with Crippen molar-refractivity contribution in [3.05, 3.63) is 58.1 Å². The molecule has 0 aliphatic rings. The van der Waals surface area contributed by atoms with Crippen molar-refractivity contribution in [3.63, 3.8) is 0 Å². The Labute approximate surface area is 139 Å². The minimum Gasteiger partial charge on any atom is -0.496 e. The van der Waals surface area contributed by atoms with Gasteiger partial charge in [-0.25, -0.2) is 0 Å². The van der Waals surface area contributed by atoms with Crippen molar-refractivity contribution in [1.29, 1.82) is 0 Å². The van der Waals surface area contributed by atoms with Crippen LogP contribution >= 0.6 is 27.7 Å². The summed E-state index contributed by atoms with van der Waals surface area (Å²) in [6.07, 6.45) is 0. The lowest BCUT2D eigenvalue weighted by atomic mass is 10.1. The molecule has 0 amide bonds. The molecular weight excluding hydrogens is 346 g/mol. The molecule has 0 bridgehead atoms. The highest BCUT2D eigenvalue weighted by Crippen LogP contribution is 2.33. The lowest BCUT2D eigenvalue weighted by molar-refractivity contribution is 0.411. The molecule has 112 valence electrons. The van der Waals surface area contributed by atoms with Crippen LogP contribution in [-0.4, -0.2) is 14.2 Å². The van der Waals surface area contributed by atoms with Crippen LogP contribution < -0.4 is 10.1 Å². The van der Waals surface area contributed by atoms with Crippen molar-refractivity contribution in [2.24, 2.45) is 0 Å². The zero-order valence-electron chi connectivity index (χ0n) is 12.5. The predicted octanol–water partition coefficient (Wildman–Crippen LogP) is 5.03. The lowest BCUT2D eigenvalue weighted by Gasteiger charge is -2.15. The molecule has 0 aliphatic carbocycles. The van der Waals surface area contributed by atoms with Gasteiger partial charge in [0, 0.05) is 26.7 Å². The molecular formula is C17H20BrNOS. The maximum atomic E-state index is 5.49. The summed E-state index contributed by atoms with van der Waals surface area (Å²) < 4.78 is 6.62. The summed E-state index contributed by atoms with van der Waals surface area (Å²) in [6.45, 7) is 2.16. The van der Waals surface area contributed by atoms with Gasteiger partial charge in [0.05, 0.1) is 7.11 Å². The van der Waals surface area contributed by atoms with E-state index in [4.69, 9.17) is 4.74 Å². The number of hydrogen-bond acceptors (Lipinski definition) is 3. The highest BCUT2D eigenvalue weighted by Gasteiger charge is 2.09. The fourth-order valence-corrected chi connectivity index (χ4v) is 3.61. The second kappa shape index (κ2) is 7.87. The molecule has 1 N–H and O–H groups in total. The Kier molecular flexibility index (Phi) is 6.15. The van der Waals surface area contributed by atoms with Gasteiger partial charge in [0.1, 0.15) is 5.75 Å². The molecule has 2 nitrogen and oxygen atoms in total. The third-order valence-electron chi connectivity index (χ3n) is 3.46. The van der Waals surface area contributed by atoms with Crippen molar-refractivity contribution >= 4 is 27.7 Å². The molecule has 0 spiro atoms. The van der Waals surface area contributed by atoms with E-state index in [2.05, 4.69) is 64.6 Å². The Morgan fingerprint density at radius 3 is 2.67 bits per heavy atom. The predicted molar refractivity (Wildman–Crippen MR) is 94.2 cm³/mol. The average Bonchev–Trinajstić information content (AvgIpc) is 2.53. The standard InChI is InChI=1S/C17H20BrNOS/c1-12(19-2)13-8-9-16(20-3)14(10-13)11-21-17-7-5-4-6-15(17)18/h4-10,12,19H,11H2,1-3H3. The molecule has 2 aromatic rings.